The molecule has 296 valence electrons. The molecular weight excluding hydrogens is 702 g/mol. The molecule has 0 aromatic heterocycles. The lowest BCUT2D eigenvalue weighted by Crippen LogP contribution is -2.58. The Kier molecular flexibility index (Phi) is 10.6. The van der Waals surface area contributed by atoms with Gasteiger partial charge < -0.3 is 59.2 Å². The van der Waals surface area contributed by atoms with Gasteiger partial charge in [-0.3, -0.25) is 9.59 Å². The van der Waals surface area contributed by atoms with Crippen LogP contribution in [0, 0.1) is 5.92 Å². The van der Waals surface area contributed by atoms with Crippen LogP contribution >= 0.6 is 0 Å². The average Bonchev–Trinajstić information content (AvgIpc) is 3.10. The fourth-order valence-corrected chi connectivity index (χ4v) is 9.37. The molecule has 3 heterocycles. The first kappa shape index (κ1) is 39.1. The first-order chi connectivity index (χ1) is 25.5. The van der Waals surface area contributed by atoms with E-state index in [4.69, 9.17) is 23.7 Å². The number of hydrogen-bond acceptors (Lipinski definition) is 14. The van der Waals surface area contributed by atoms with Crippen molar-refractivity contribution < 1.29 is 63.9 Å². The molecule has 54 heavy (non-hydrogen) atoms. The highest BCUT2D eigenvalue weighted by atomic mass is 16.7. The molecule has 6 N–H and O–H groups in total. The van der Waals surface area contributed by atoms with E-state index in [9.17, 15) is 40.2 Å². The lowest BCUT2D eigenvalue weighted by molar-refractivity contribution is -0.313. The quantitative estimate of drug-likeness (QED) is 0.192. The minimum absolute atomic E-state index is 0.00235. The van der Waals surface area contributed by atoms with Gasteiger partial charge in [0.05, 0.1) is 65.0 Å². The number of ether oxygens (including phenoxy) is 5. The fourth-order valence-electron chi connectivity index (χ4n) is 9.37. The van der Waals surface area contributed by atoms with E-state index in [-0.39, 0.29) is 83.8 Å². The zero-order valence-corrected chi connectivity index (χ0v) is 31.6. The summed E-state index contributed by atoms with van der Waals surface area (Å²) in [6, 6.07) is 3.80. The number of carbonyl (C=O) groups excluding carboxylic acids is 2. The van der Waals surface area contributed by atoms with E-state index in [1.165, 1.54) is 18.2 Å². The van der Waals surface area contributed by atoms with Gasteiger partial charge in [-0.1, -0.05) is 19.1 Å². The molecule has 2 aliphatic carbocycles. The number of carbonyl (C=O) groups is 2. The number of rotatable bonds is 7. The van der Waals surface area contributed by atoms with Crippen LogP contribution in [0.1, 0.15) is 115 Å². The van der Waals surface area contributed by atoms with Gasteiger partial charge in [-0.15, -0.1) is 0 Å². The summed E-state index contributed by atoms with van der Waals surface area (Å²) in [6.45, 7) is 7.35. The number of aromatic hydroxyl groups is 3. The number of likely N-dealkylation sites (N-methyl/N-ethyl adjacent to an activating group) is 1. The smallest absolute Gasteiger partial charge is 0.202 e. The number of aliphatic hydroxyl groups is 3. The molecule has 13 atom stereocenters. The summed E-state index contributed by atoms with van der Waals surface area (Å²) >= 11 is 0. The van der Waals surface area contributed by atoms with Crippen LogP contribution in [0.5, 0.6) is 17.2 Å². The molecule has 7 rings (SSSR count). The van der Waals surface area contributed by atoms with Crippen molar-refractivity contribution in [1.82, 2.24) is 4.90 Å². The largest absolute Gasteiger partial charge is 0.507 e. The Hall–Kier alpha value is -3.18. The molecule has 14 heteroatoms. The number of nitrogens with zero attached hydrogens (tertiary/aromatic N) is 1. The SMILES string of the molecule is CCC1(O)Cc2c(O)c3c(c(O)c2C(OC2CC(N(C)C)C(OC4CC(O)C(C5CCC(O)C(C)O5)C(C)O4)C(C)O2)C1)C(=O)c1c(O)cccc1C3=O. The molecule has 3 saturated heterocycles. The molecule has 0 saturated carbocycles. The van der Waals surface area contributed by atoms with Gasteiger partial charge >= 0.3 is 0 Å². The van der Waals surface area contributed by atoms with Crippen molar-refractivity contribution in [3.63, 3.8) is 0 Å². The molecule has 0 amide bonds. The van der Waals surface area contributed by atoms with Gasteiger partial charge in [0.15, 0.2) is 18.4 Å². The standard InChI is InChI=1S/C40H53NO13/c1-7-40(49)15-21-32(38(48)34-33(36(21)46)35(45)20-9-8-10-24(43)31(20)37(34)47)27(16-40)53-28-13-22(41(5)6)39(19(4)52-28)54-29-14-25(44)30(18(3)51-29)26-12-11-23(42)17(2)50-26/h8-10,17-19,22-23,25-30,39,42-44,46,48-49H,7,11-16H2,1-6H3. The minimum Gasteiger partial charge on any atom is -0.507 e. The molecule has 0 bridgehead atoms. The van der Waals surface area contributed by atoms with E-state index in [0.29, 0.717) is 19.3 Å². The molecule has 2 aromatic rings. The molecular formula is C40H53NO13. The fraction of sp³-hybridized carbons (Fsp3) is 0.650. The van der Waals surface area contributed by atoms with Crippen LogP contribution in [0.25, 0.3) is 0 Å². The summed E-state index contributed by atoms with van der Waals surface area (Å²) in [5.41, 5.74) is -2.35. The van der Waals surface area contributed by atoms with Crippen LogP contribution in [0.4, 0.5) is 0 Å². The summed E-state index contributed by atoms with van der Waals surface area (Å²) in [6.07, 6.45) is -4.06. The summed E-state index contributed by atoms with van der Waals surface area (Å²) in [5.74, 6) is -3.31. The average molecular weight is 756 g/mol. The van der Waals surface area contributed by atoms with Crippen LogP contribution in [0.15, 0.2) is 18.2 Å². The first-order valence-electron chi connectivity index (χ1n) is 19.1. The predicted octanol–water partition coefficient (Wildman–Crippen LogP) is 3.21. The normalized spacial score (nSPS) is 38.2. The maximum absolute atomic E-state index is 13.8. The highest BCUT2D eigenvalue weighted by Crippen LogP contribution is 2.53. The van der Waals surface area contributed by atoms with E-state index in [2.05, 4.69) is 0 Å². The van der Waals surface area contributed by atoms with Crippen LogP contribution in [-0.2, 0) is 30.1 Å². The maximum atomic E-state index is 13.8. The van der Waals surface area contributed by atoms with Gasteiger partial charge in [0, 0.05) is 54.3 Å². The first-order valence-corrected chi connectivity index (χ1v) is 19.1. The number of hydrogen-bond donors (Lipinski definition) is 6. The van der Waals surface area contributed by atoms with Crippen molar-refractivity contribution in [2.24, 2.45) is 5.92 Å². The minimum atomic E-state index is -1.38. The predicted molar refractivity (Wildman–Crippen MR) is 191 cm³/mol. The molecule has 3 aliphatic heterocycles. The second kappa shape index (κ2) is 14.7. The third-order valence-corrected chi connectivity index (χ3v) is 12.4. The third-order valence-electron chi connectivity index (χ3n) is 12.4. The molecule has 2 aromatic carbocycles. The van der Waals surface area contributed by atoms with E-state index >= 15 is 0 Å². The summed E-state index contributed by atoms with van der Waals surface area (Å²) < 4.78 is 31.9. The highest BCUT2D eigenvalue weighted by molar-refractivity contribution is 6.31. The number of ketones is 2. The second-order valence-electron chi connectivity index (χ2n) is 16.1. The van der Waals surface area contributed by atoms with Gasteiger partial charge in [-0.05, 0) is 60.2 Å². The van der Waals surface area contributed by atoms with E-state index in [1.807, 2.05) is 39.8 Å². The topological polar surface area (TPSA) is 205 Å². The van der Waals surface area contributed by atoms with E-state index in [1.54, 1.807) is 6.92 Å². The van der Waals surface area contributed by atoms with Crippen molar-refractivity contribution in [1.29, 1.82) is 0 Å². The van der Waals surface area contributed by atoms with Crippen molar-refractivity contribution in [2.45, 2.75) is 146 Å². The Labute approximate surface area is 314 Å². The Balaban J connectivity index is 1.12. The van der Waals surface area contributed by atoms with Gasteiger partial charge in [-0.25, -0.2) is 0 Å². The number of aliphatic hydroxyl groups excluding tert-OH is 2. The Morgan fingerprint density at radius 1 is 0.833 bits per heavy atom. The Morgan fingerprint density at radius 2 is 1.52 bits per heavy atom. The van der Waals surface area contributed by atoms with Crippen LogP contribution in [0.3, 0.4) is 0 Å². The number of phenolic OH excluding ortho intramolecular Hbond substituents is 3. The molecule has 0 radical (unpaired) electrons. The van der Waals surface area contributed by atoms with E-state index in [0.717, 1.165) is 0 Å². The van der Waals surface area contributed by atoms with Crippen LogP contribution < -0.4 is 0 Å². The molecule has 5 aliphatic rings. The number of fused-ring (bicyclic) bond motifs is 3. The molecule has 13 unspecified atom stereocenters. The zero-order valence-electron chi connectivity index (χ0n) is 31.6. The molecule has 3 fully saturated rings. The summed E-state index contributed by atoms with van der Waals surface area (Å²) in [7, 11) is 3.80. The monoisotopic (exact) mass is 755 g/mol. The summed E-state index contributed by atoms with van der Waals surface area (Å²) in [5, 5.41) is 67.0. The van der Waals surface area contributed by atoms with Crippen molar-refractivity contribution in [3.05, 3.63) is 51.6 Å². The Bertz CT molecular complexity index is 1770. The lowest BCUT2D eigenvalue weighted by atomic mass is 9.72. The Morgan fingerprint density at radius 3 is 2.19 bits per heavy atom. The lowest BCUT2D eigenvalue weighted by Gasteiger charge is -2.48. The zero-order chi connectivity index (χ0) is 39.0. The van der Waals surface area contributed by atoms with Crippen molar-refractivity contribution >= 4 is 11.6 Å². The number of phenols is 3. The maximum Gasteiger partial charge on any atom is 0.202 e. The summed E-state index contributed by atoms with van der Waals surface area (Å²) in [4.78, 5) is 29.4. The second-order valence-corrected chi connectivity index (χ2v) is 16.1. The van der Waals surface area contributed by atoms with Gasteiger partial charge in [0.25, 0.3) is 0 Å². The molecule has 14 nitrogen and oxygen atoms in total. The highest BCUT2D eigenvalue weighted by Gasteiger charge is 2.50. The van der Waals surface area contributed by atoms with Crippen molar-refractivity contribution in [2.75, 3.05) is 14.1 Å². The molecule has 0 spiro atoms. The van der Waals surface area contributed by atoms with Gasteiger partial charge in [0.2, 0.25) is 5.78 Å². The van der Waals surface area contributed by atoms with E-state index < -0.39 is 83.1 Å². The van der Waals surface area contributed by atoms with Gasteiger partial charge in [0.1, 0.15) is 23.4 Å². The van der Waals surface area contributed by atoms with Crippen LogP contribution in [0.2, 0.25) is 0 Å². The van der Waals surface area contributed by atoms with Crippen LogP contribution in [-0.4, -0.2) is 128 Å². The number of benzene rings is 2. The third kappa shape index (κ3) is 6.73. The van der Waals surface area contributed by atoms with Gasteiger partial charge in [-0.2, -0.15) is 0 Å². The van der Waals surface area contributed by atoms with Crippen molar-refractivity contribution in [3.8, 4) is 17.2 Å².